The number of hydrogen-bond acceptors (Lipinski definition) is 4. The topological polar surface area (TPSA) is 76.4 Å². The van der Waals surface area contributed by atoms with Crippen LogP contribution in [0.25, 0.3) is 10.7 Å². The van der Waals surface area contributed by atoms with Gasteiger partial charge in [-0.3, -0.25) is 4.79 Å². The Bertz CT molecular complexity index is 900. The van der Waals surface area contributed by atoms with E-state index in [0.29, 0.717) is 23.6 Å². The summed E-state index contributed by atoms with van der Waals surface area (Å²) in [6.07, 6.45) is 11.1. The molecule has 29 heavy (non-hydrogen) atoms. The average Bonchev–Trinajstić information content (AvgIpc) is 3.37. The highest BCUT2D eigenvalue weighted by atomic mass is 35.5. The summed E-state index contributed by atoms with van der Waals surface area (Å²) in [5.41, 5.74) is 3.43. The number of halogens is 1. The Morgan fingerprint density at radius 2 is 2.17 bits per heavy atom. The van der Waals surface area contributed by atoms with Gasteiger partial charge < -0.3 is 19.7 Å². The van der Waals surface area contributed by atoms with E-state index in [4.69, 9.17) is 16.3 Å². The summed E-state index contributed by atoms with van der Waals surface area (Å²) in [5, 5.41) is 13.3. The number of ether oxygens (including phenoxy) is 1. The molecule has 0 saturated heterocycles. The van der Waals surface area contributed by atoms with Crippen LogP contribution in [-0.2, 0) is 11.2 Å². The number of aliphatic hydroxyl groups excluding tert-OH is 1. The maximum absolute atomic E-state index is 13.1. The summed E-state index contributed by atoms with van der Waals surface area (Å²) in [7, 11) is 0. The van der Waals surface area contributed by atoms with E-state index < -0.39 is 6.10 Å². The third kappa shape index (κ3) is 4.55. The molecule has 0 radical (unpaired) electrons. The smallest absolute Gasteiger partial charge is 0.251 e. The molecule has 0 spiro atoms. The van der Waals surface area contributed by atoms with Crippen molar-refractivity contribution in [3.8, 4) is 5.69 Å². The highest BCUT2D eigenvalue weighted by molar-refractivity contribution is 6.49. The van der Waals surface area contributed by atoms with Crippen LogP contribution >= 0.6 is 11.6 Å². The standard InChI is InChI=1S/C22H26ClN3O3/c1-14(27)12-29-17-4-2-15(3-5-17)25-22(28)20-11-16(26-9-8-24-13-26)10-19-18(20)6-7-21(19)23/h7-11,13-15,17,27H,2-6,12H2,1H3,(H,25,28). The predicted molar refractivity (Wildman–Crippen MR) is 112 cm³/mol. The van der Waals surface area contributed by atoms with Gasteiger partial charge in [-0.1, -0.05) is 17.7 Å². The lowest BCUT2D eigenvalue weighted by molar-refractivity contribution is -0.0210. The zero-order valence-corrected chi connectivity index (χ0v) is 17.2. The van der Waals surface area contributed by atoms with Gasteiger partial charge in [0.25, 0.3) is 5.91 Å². The number of benzene rings is 1. The molecule has 2 aliphatic rings. The van der Waals surface area contributed by atoms with Crippen molar-refractivity contribution in [1.29, 1.82) is 0 Å². The van der Waals surface area contributed by atoms with Gasteiger partial charge in [-0.05, 0) is 62.3 Å². The Morgan fingerprint density at radius 1 is 1.38 bits per heavy atom. The number of amides is 1. The van der Waals surface area contributed by atoms with E-state index in [-0.39, 0.29) is 18.1 Å². The van der Waals surface area contributed by atoms with Crippen molar-refractivity contribution in [2.24, 2.45) is 0 Å². The van der Waals surface area contributed by atoms with Crippen molar-refractivity contribution in [3.63, 3.8) is 0 Å². The first-order valence-electron chi connectivity index (χ1n) is 10.1. The summed E-state index contributed by atoms with van der Waals surface area (Å²) in [4.78, 5) is 17.2. The Labute approximate surface area is 175 Å². The minimum absolute atomic E-state index is 0.0590. The van der Waals surface area contributed by atoms with Crippen molar-refractivity contribution in [2.45, 2.75) is 57.3 Å². The van der Waals surface area contributed by atoms with Crippen LogP contribution in [0.15, 0.2) is 36.9 Å². The molecule has 1 aromatic carbocycles. The molecule has 7 heteroatoms. The summed E-state index contributed by atoms with van der Waals surface area (Å²) in [5.74, 6) is -0.0590. The molecule has 1 aromatic heterocycles. The lowest BCUT2D eigenvalue weighted by Gasteiger charge is -2.29. The normalized spacial score (nSPS) is 22.1. The Balaban J connectivity index is 1.46. The first-order chi connectivity index (χ1) is 14.0. The number of aromatic nitrogens is 2. The van der Waals surface area contributed by atoms with E-state index in [1.807, 2.05) is 29.0 Å². The number of fused-ring (bicyclic) bond motifs is 1. The molecule has 6 nitrogen and oxygen atoms in total. The Kier molecular flexibility index (Phi) is 6.04. The maximum atomic E-state index is 13.1. The number of carbonyl (C=O) groups excluding carboxylic acids is 1. The van der Waals surface area contributed by atoms with E-state index in [1.54, 1.807) is 19.4 Å². The molecule has 154 valence electrons. The monoisotopic (exact) mass is 415 g/mol. The molecule has 0 aliphatic heterocycles. The molecule has 1 atom stereocenters. The van der Waals surface area contributed by atoms with E-state index in [0.717, 1.165) is 42.5 Å². The average molecular weight is 416 g/mol. The van der Waals surface area contributed by atoms with Crippen LogP contribution in [0.2, 0.25) is 0 Å². The molecule has 1 fully saturated rings. The second-order valence-electron chi connectivity index (χ2n) is 7.88. The van der Waals surface area contributed by atoms with Gasteiger partial charge in [0.15, 0.2) is 0 Å². The first-order valence-corrected chi connectivity index (χ1v) is 10.5. The fourth-order valence-electron chi connectivity index (χ4n) is 4.07. The molecule has 1 heterocycles. The van der Waals surface area contributed by atoms with Gasteiger partial charge in [0.05, 0.1) is 25.1 Å². The minimum Gasteiger partial charge on any atom is -0.391 e. The fourth-order valence-corrected chi connectivity index (χ4v) is 4.31. The molecule has 2 aliphatic carbocycles. The van der Waals surface area contributed by atoms with Gasteiger partial charge in [-0.2, -0.15) is 0 Å². The van der Waals surface area contributed by atoms with Crippen molar-refractivity contribution in [2.75, 3.05) is 6.61 Å². The third-order valence-electron chi connectivity index (χ3n) is 5.61. The molecule has 2 N–H and O–H groups in total. The van der Waals surface area contributed by atoms with Crippen LogP contribution in [0.4, 0.5) is 0 Å². The van der Waals surface area contributed by atoms with E-state index >= 15 is 0 Å². The summed E-state index contributed by atoms with van der Waals surface area (Å²) < 4.78 is 7.60. The van der Waals surface area contributed by atoms with E-state index in [1.165, 1.54) is 0 Å². The highest BCUT2D eigenvalue weighted by Crippen LogP contribution is 2.35. The van der Waals surface area contributed by atoms with Crippen LogP contribution in [0.1, 0.15) is 54.1 Å². The molecule has 1 saturated carbocycles. The first kappa shape index (κ1) is 20.1. The second-order valence-corrected chi connectivity index (χ2v) is 8.28. The SMILES string of the molecule is CC(O)COC1CCC(NC(=O)c2cc(-n3ccnc3)cc3c2CC=C3Cl)CC1. The highest BCUT2D eigenvalue weighted by Gasteiger charge is 2.26. The van der Waals surface area contributed by atoms with Crippen molar-refractivity contribution in [3.05, 3.63) is 53.6 Å². The lowest BCUT2D eigenvalue weighted by atomic mass is 9.92. The fraction of sp³-hybridized carbons (Fsp3) is 0.455. The van der Waals surface area contributed by atoms with Gasteiger partial charge >= 0.3 is 0 Å². The van der Waals surface area contributed by atoms with Crippen molar-refractivity contribution in [1.82, 2.24) is 14.9 Å². The largest absolute Gasteiger partial charge is 0.391 e. The molecular formula is C22H26ClN3O3. The third-order valence-corrected chi connectivity index (χ3v) is 5.97. The zero-order valence-electron chi connectivity index (χ0n) is 16.5. The Hall–Kier alpha value is -2.15. The van der Waals surface area contributed by atoms with Crippen LogP contribution in [0.5, 0.6) is 0 Å². The van der Waals surface area contributed by atoms with Crippen molar-refractivity contribution < 1.29 is 14.6 Å². The molecule has 1 unspecified atom stereocenters. The van der Waals surface area contributed by atoms with Gasteiger partial charge in [0, 0.05) is 34.7 Å². The predicted octanol–water partition coefficient (Wildman–Crippen LogP) is 3.45. The van der Waals surface area contributed by atoms with E-state index in [2.05, 4.69) is 10.3 Å². The number of imidazole rings is 1. The van der Waals surface area contributed by atoms with E-state index in [9.17, 15) is 9.90 Å². The number of hydrogen-bond donors (Lipinski definition) is 2. The molecule has 1 amide bonds. The lowest BCUT2D eigenvalue weighted by Crippen LogP contribution is -2.39. The van der Waals surface area contributed by atoms with Crippen LogP contribution < -0.4 is 5.32 Å². The summed E-state index contributed by atoms with van der Waals surface area (Å²) in [6, 6.07) is 4.05. The number of aliphatic hydroxyl groups is 1. The number of nitrogens with one attached hydrogen (secondary N) is 1. The maximum Gasteiger partial charge on any atom is 0.251 e. The Morgan fingerprint density at radius 3 is 2.86 bits per heavy atom. The van der Waals surface area contributed by atoms with Gasteiger partial charge in [-0.15, -0.1) is 0 Å². The summed E-state index contributed by atoms with van der Waals surface area (Å²) in [6.45, 7) is 2.09. The number of nitrogens with zero attached hydrogens (tertiary/aromatic N) is 2. The molecule has 2 aromatic rings. The van der Waals surface area contributed by atoms with Crippen LogP contribution in [0, 0.1) is 0 Å². The summed E-state index contributed by atoms with van der Waals surface area (Å²) >= 11 is 6.39. The number of carbonyl (C=O) groups is 1. The molecular weight excluding hydrogens is 390 g/mol. The van der Waals surface area contributed by atoms with Gasteiger partial charge in [0.2, 0.25) is 0 Å². The molecule has 4 rings (SSSR count). The minimum atomic E-state index is -0.447. The van der Waals surface area contributed by atoms with Crippen LogP contribution in [0.3, 0.4) is 0 Å². The second kappa shape index (κ2) is 8.69. The van der Waals surface area contributed by atoms with Gasteiger partial charge in [-0.25, -0.2) is 4.98 Å². The van der Waals surface area contributed by atoms with Crippen LogP contribution in [-0.4, -0.2) is 45.4 Å². The zero-order chi connectivity index (χ0) is 20.4. The quantitative estimate of drug-likeness (QED) is 0.757. The van der Waals surface area contributed by atoms with Gasteiger partial charge in [0.1, 0.15) is 0 Å². The number of allylic oxidation sites excluding steroid dienone is 1. The molecule has 0 bridgehead atoms. The van der Waals surface area contributed by atoms with Crippen molar-refractivity contribution >= 4 is 22.5 Å². The number of rotatable bonds is 6.